The van der Waals surface area contributed by atoms with E-state index in [0.29, 0.717) is 29.1 Å². The van der Waals surface area contributed by atoms with Gasteiger partial charge in [-0.2, -0.15) is 5.10 Å². The molecule has 0 saturated heterocycles. The number of H-pyrrole nitrogens is 1. The Balaban J connectivity index is 1.57. The number of fused-ring (bicyclic) bond motifs is 1. The van der Waals surface area contributed by atoms with Gasteiger partial charge in [-0.25, -0.2) is 10.4 Å². The first-order valence-electron chi connectivity index (χ1n) is 9.19. The van der Waals surface area contributed by atoms with Gasteiger partial charge in [0.25, 0.3) is 5.56 Å². The molecule has 1 heterocycles. The van der Waals surface area contributed by atoms with E-state index >= 15 is 0 Å². The zero-order valence-corrected chi connectivity index (χ0v) is 15.6. The number of ether oxygens (including phenoxy) is 1. The van der Waals surface area contributed by atoms with Crippen LogP contribution in [0, 0.1) is 0 Å². The van der Waals surface area contributed by atoms with Gasteiger partial charge >= 0.3 is 0 Å². The summed E-state index contributed by atoms with van der Waals surface area (Å²) in [5.74, 6) is 0.423. The van der Waals surface area contributed by atoms with E-state index in [-0.39, 0.29) is 24.3 Å². The van der Waals surface area contributed by atoms with Gasteiger partial charge in [0.1, 0.15) is 11.4 Å². The molecule has 0 aliphatic carbocycles. The number of benzene rings is 2. The number of carbonyl (C=O) groups is 1. The fourth-order valence-corrected chi connectivity index (χ4v) is 2.63. The molecule has 144 valence electrons. The molecule has 7 heteroatoms. The Kier molecular flexibility index (Phi) is 6.51. The van der Waals surface area contributed by atoms with Gasteiger partial charge in [-0.05, 0) is 30.7 Å². The van der Waals surface area contributed by atoms with E-state index in [0.717, 1.165) is 12.0 Å². The summed E-state index contributed by atoms with van der Waals surface area (Å²) in [6, 6.07) is 14.8. The minimum atomic E-state index is -0.294. The minimum Gasteiger partial charge on any atom is -0.493 e. The van der Waals surface area contributed by atoms with Gasteiger partial charge in [0.15, 0.2) is 0 Å². The van der Waals surface area contributed by atoms with Gasteiger partial charge in [0.05, 0.1) is 23.9 Å². The van der Waals surface area contributed by atoms with Crippen LogP contribution in [0.1, 0.15) is 31.0 Å². The van der Waals surface area contributed by atoms with Gasteiger partial charge in [-0.3, -0.25) is 9.59 Å². The number of hydrogen-bond donors (Lipinski definition) is 2. The molecule has 0 saturated carbocycles. The second-order valence-electron chi connectivity index (χ2n) is 6.21. The van der Waals surface area contributed by atoms with Crippen molar-refractivity contribution < 1.29 is 9.53 Å². The lowest BCUT2D eigenvalue weighted by molar-refractivity contribution is -0.121. The molecular formula is C21H22N4O3. The van der Waals surface area contributed by atoms with E-state index in [1.807, 2.05) is 49.4 Å². The third kappa shape index (κ3) is 5.03. The summed E-state index contributed by atoms with van der Waals surface area (Å²) >= 11 is 0. The van der Waals surface area contributed by atoms with Crippen molar-refractivity contribution in [2.75, 3.05) is 6.61 Å². The number of aromatic nitrogens is 2. The molecule has 0 fully saturated rings. The van der Waals surface area contributed by atoms with Gasteiger partial charge < -0.3 is 9.72 Å². The monoisotopic (exact) mass is 378 g/mol. The normalized spacial score (nSPS) is 11.0. The minimum absolute atomic E-state index is 0.111. The topological polar surface area (TPSA) is 96.4 Å². The van der Waals surface area contributed by atoms with Crippen molar-refractivity contribution in [2.45, 2.75) is 26.2 Å². The number of hydrazone groups is 1. The summed E-state index contributed by atoms with van der Waals surface area (Å²) in [5.41, 5.74) is 4.68. The predicted octanol–water partition coefficient (Wildman–Crippen LogP) is 2.79. The van der Waals surface area contributed by atoms with Crippen LogP contribution >= 0.6 is 0 Å². The number of amides is 1. The van der Waals surface area contributed by atoms with Crippen molar-refractivity contribution in [3.63, 3.8) is 0 Å². The predicted molar refractivity (Wildman–Crippen MR) is 109 cm³/mol. The Morgan fingerprint density at radius 3 is 2.86 bits per heavy atom. The maximum absolute atomic E-state index is 12.1. The van der Waals surface area contributed by atoms with E-state index in [4.69, 9.17) is 4.74 Å². The summed E-state index contributed by atoms with van der Waals surface area (Å²) in [4.78, 5) is 31.2. The number of aryl methyl sites for hydroxylation is 1. The summed E-state index contributed by atoms with van der Waals surface area (Å²) in [5, 5.41) is 3.98. The van der Waals surface area contributed by atoms with E-state index in [9.17, 15) is 9.59 Å². The molecule has 0 aliphatic heterocycles. The Morgan fingerprint density at radius 2 is 2.00 bits per heavy atom. The molecule has 0 radical (unpaired) electrons. The Morgan fingerprint density at radius 1 is 1.21 bits per heavy atom. The zero-order valence-electron chi connectivity index (χ0n) is 15.6. The average molecular weight is 378 g/mol. The Labute approximate surface area is 162 Å². The van der Waals surface area contributed by atoms with Crippen molar-refractivity contribution in [1.29, 1.82) is 0 Å². The fraction of sp³-hybridized carbons (Fsp3) is 0.238. The van der Waals surface area contributed by atoms with Crippen LogP contribution in [0.25, 0.3) is 11.0 Å². The maximum atomic E-state index is 12.1. The first-order valence-corrected chi connectivity index (χ1v) is 9.19. The van der Waals surface area contributed by atoms with Crippen LogP contribution in [0.5, 0.6) is 5.75 Å². The molecule has 3 aromatic rings. The molecule has 0 spiro atoms. The van der Waals surface area contributed by atoms with Crippen LogP contribution in [0.15, 0.2) is 58.4 Å². The summed E-state index contributed by atoms with van der Waals surface area (Å²) in [6.45, 7) is 2.65. The van der Waals surface area contributed by atoms with Crippen LogP contribution in [-0.4, -0.2) is 28.7 Å². The molecule has 0 unspecified atom stereocenters. The molecule has 0 atom stereocenters. The Hall–Kier alpha value is -3.48. The quantitative estimate of drug-likeness (QED) is 0.465. The number of nitrogens with one attached hydrogen (secondary N) is 2. The number of rotatable bonds is 8. The van der Waals surface area contributed by atoms with E-state index in [1.165, 1.54) is 0 Å². The second kappa shape index (κ2) is 9.45. The number of nitrogens with zero attached hydrogens (tertiary/aromatic N) is 2. The molecule has 0 bridgehead atoms. The van der Waals surface area contributed by atoms with Crippen LogP contribution in [0.4, 0.5) is 0 Å². The molecule has 3 rings (SSSR count). The number of carbonyl (C=O) groups excluding carboxylic acids is 1. The van der Waals surface area contributed by atoms with Crippen molar-refractivity contribution in [1.82, 2.24) is 15.4 Å². The van der Waals surface area contributed by atoms with Crippen LogP contribution in [-0.2, 0) is 11.2 Å². The first-order chi connectivity index (χ1) is 13.7. The lowest BCUT2D eigenvalue weighted by Gasteiger charge is -2.07. The highest BCUT2D eigenvalue weighted by Crippen LogP contribution is 2.15. The van der Waals surface area contributed by atoms with E-state index < -0.39 is 0 Å². The lowest BCUT2D eigenvalue weighted by atomic mass is 10.2. The van der Waals surface area contributed by atoms with Crippen molar-refractivity contribution in [3.8, 4) is 5.75 Å². The van der Waals surface area contributed by atoms with Crippen LogP contribution in [0.3, 0.4) is 0 Å². The molecule has 28 heavy (non-hydrogen) atoms. The van der Waals surface area contributed by atoms with Crippen molar-refractivity contribution in [3.05, 3.63) is 70.1 Å². The number of hydrogen-bond acceptors (Lipinski definition) is 5. The van der Waals surface area contributed by atoms with Crippen molar-refractivity contribution >= 4 is 23.2 Å². The second-order valence-corrected chi connectivity index (χ2v) is 6.21. The highest BCUT2D eigenvalue weighted by molar-refractivity contribution is 5.85. The molecule has 0 aliphatic rings. The molecular weight excluding hydrogens is 356 g/mol. The fourth-order valence-electron chi connectivity index (χ4n) is 2.63. The third-order valence-electron chi connectivity index (χ3n) is 4.03. The van der Waals surface area contributed by atoms with Crippen LogP contribution < -0.4 is 15.7 Å². The average Bonchev–Trinajstić information content (AvgIpc) is 2.71. The lowest BCUT2D eigenvalue weighted by Crippen LogP contribution is -2.21. The van der Waals surface area contributed by atoms with Gasteiger partial charge in [0, 0.05) is 18.4 Å². The zero-order chi connectivity index (χ0) is 19.8. The molecule has 1 amide bonds. The van der Waals surface area contributed by atoms with Crippen molar-refractivity contribution in [2.24, 2.45) is 5.10 Å². The van der Waals surface area contributed by atoms with E-state index in [2.05, 4.69) is 20.5 Å². The highest BCUT2D eigenvalue weighted by Gasteiger charge is 2.08. The third-order valence-corrected chi connectivity index (χ3v) is 4.03. The molecule has 1 aromatic heterocycles. The molecule has 2 N–H and O–H groups in total. The highest BCUT2D eigenvalue weighted by atomic mass is 16.5. The van der Waals surface area contributed by atoms with E-state index in [1.54, 1.807) is 12.3 Å². The number of para-hydroxylation sites is 3. The SMILES string of the molecule is CCCOc1ccccc1/C=N\NC(=O)CCc1nc2ccccc2[nH]c1=O. The number of aromatic amines is 1. The standard InChI is InChI=1S/C21H22N4O3/c1-2-13-28-19-10-6-3-7-15(19)14-22-25-20(26)12-11-18-21(27)24-17-9-5-4-8-16(17)23-18/h3-10,14H,2,11-13H2,1H3,(H,24,27)(H,25,26)/b22-14-. The maximum Gasteiger partial charge on any atom is 0.270 e. The molecule has 7 nitrogen and oxygen atoms in total. The molecule has 2 aromatic carbocycles. The first kappa shape index (κ1) is 19.3. The largest absolute Gasteiger partial charge is 0.493 e. The summed E-state index contributed by atoms with van der Waals surface area (Å²) in [7, 11) is 0. The van der Waals surface area contributed by atoms with Gasteiger partial charge in [0.2, 0.25) is 5.91 Å². The smallest absolute Gasteiger partial charge is 0.270 e. The van der Waals surface area contributed by atoms with Gasteiger partial charge in [-0.15, -0.1) is 0 Å². The summed E-state index contributed by atoms with van der Waals surface area (Å²) < 4.78 is 5.65. The summed E-state index contributed by atoms with van der Waals surface area (Å²) in [6.07, 6.45) is 2.80. The van der Waals surface area contributed by atoms with Crippen LogP contribution in [0.2, 0.25) is 0 Å². The Bertz CT molecular complexity index is 1040. The van der Waals surface area contributed by atoms with Gasteiger partial charge in [-0.1, -0.05) is 31.2 Å².